The van der Waals surface area contributed by atoms with Crippen molar-refractivity contribution in [3.05, 3.63) is 11.6 Å². The molecule has 3 heteroatoms. The Hall–Kier alpha value is -0.960. The van der Waals surface area contributed by atoms with E-state index in [1.54, 1.807) is 0 Å². The van der Waals surface area contributed by atoms with Crippen molar-refractivity contribution in [2.75, 3.05) is 0 Å². The number of carbonyl (C=O) groups is 2. The Labute approximate surface area is 182 Å². The van der Waals surface area contributed by atoms with Crippen LogP contribution in [0, 0.1) is 46.3 Å². The molecular weight excluding hydrogens is 372 g/mol. The molecule has 1 aliphatic heterocycles. The Morgan fingerprint density at radius 1 is 1.13 bits per heavy atom. The third kappa shape index (κ3) is 2.93. The van der Waals surface area contributed by atoms with Crippen LogP contribution in [0.15, 0.2) is 11.6 Å². The first-order chi connectivity index (χ1) is 14.2. The van der Waals surface area contributed by atoms with E-state index in [-0.39, 0.29) is 17.4 Å². The molecular formula is C27H40O3. The van der Waals surface area contributed by atoms with E-state index in [0.29, 0.717) is 47.3 Å². The summed E-state index contributed by atoms with van der Waals surface area (Å²) in [6.07, 6.45) is 11.3. The molecule has 4 fully saturated rings. The van der Waals surface area contributed by atoms with Crippen molar-refractivity contribution in [1.82, 2.24) is 0 Å². The van der Waals surface area contributed by atoms with E-state index in [1.807, 2.05) is 19.9 Å². The fourth-order valence-electron chi connectivity index (χ4n) is 8.64. The topological polar surface area (TPSA) is 46.7 Å². The van der Waals surface area contributed by atoms with E-state index in [0.717, 1.165) is 31.1 Å². The average Bonchev–Trinajstić information content (AvgIpc) is 3.41. The maximum atomic E-state index is 12.2. The smallest absolute Gasteiger partial charge is 0.155 e. The van der Waals surface area contributed by atoms with E-state index in [4.69, 9.17) is 4.74 Å². The van der Waals surface area contributed by atoms with Crippen LogP contribution < -0.4 is 0 Å². The molecule has 4 aliphatic carbocycles. The van der Waals surface area contributed by atoms with Gasteiger partial charge in [-0.05, 0) is 90.6 Å². The first kappa shape index (κ1) is 20.9. The molecule has 0 N–H and O–H groups in total. The van der Waals surface area contributed by atoms with E-state index in [2.05, 4.69) is 20.8 Å². The van der Waals surface area contributed by atoms with Crippen LogP contribution >= 0.6 is 0 Å². The Morgan fingerprint density at radius 2 is 1.90 bits per heavy atom. The molecule has 0 radical (unpaired) electrons. The second-order valence-corrected chi connectivity index (χ2v) is 12.2. The predicted octanol–water partition coefficient (Wildman–Crippen LogP) is 5.76. The van der Waals surface area contributed by atoms with Gasteiger partial charge in [-0.15, -0.1) is 0 Å². The van der Waals surface area contributed by atoms with Crippen molar-refractivity contribution in [2.45, 2.75) is 98.2 Å². The minimum absolute atomic E-state index is 0.163. The van der Waals surface area contributed by atoms with Crippen LogP contribution in [0.4, 0.5) is 0 Å². The van der Waals surface area contributed by atoms with Crippen molar-refractivity contribution in [3.8, 4) is 0 Å². The summed E-state index contributed by atoms with van der Waals surface area (Å²) < 4.78 is 6.32. The molecule has 0 bridgehead atoms. The number of rotatable bonds is 5. The van der Waals surface area contributed by atoms with Crippen molar-refractivity contribution in [3.63, 3.8) is 0 Å². The Kier molecular flexibility index (Phi) is 4.89. The van der Waals surface area contributed by atoms with Gasteiger partial charge in [0.05, 0.1) is 6.10 Å². The van der Waals surface area contributed by atoms with Gasteiger partial charge in [-0.3, -0.25) is 9.59 Å². The highest BCUT2D eigenvalue weighted by Crippen LogP contribution is 2.70. The SMILES string of the molecule is CC(C)C(=O)CC[C@@H](C)C1CC[C@H]2[C@@H]3C4OC4C4=CC(=O)CC[C@]4(C)[C@H]3CC[C@]12C. The van der Waals surface area contributed by atoms with E-state index in [1.165, 1.54) is 31.3 Å². The van der Waals surface area contributed by atoms with Gasteiger partial charge in [-0.2, -0.15) is 0 Å². The van der Waals surface area contributed by atoms with E-state index in [9.17, 15) is 9.59 Å². The lowest BCUT2D eigenvalue weighted by molar-refractivity contribution is -0.122. The number of fused-ring (bicyclic) bond motifs is 8. The molecule has 30 heavy (non-hydrogen) atoms. The maximum absolute atomic E-state index is 12.2. The Balaban J connectivity index is 1.36. The Morgan fingerprint density at radius 3 is 2.63 bits per heavy atom. The lowest BCUT2D eigenvalue weighted by Gasteiger charge is -2.57. The van der Waals surface area contributed by atoms with E-state index < -0.39 is 0 Å². The number of ether oxygens (including phenoxy) is 1. The first-order valence-electron chi connectivity index (χ1n) is 12.6. The molecule has 3 saturated carbocycles. The van der Waals surface area contributed by atoms with Gasteiger partial charge in [0.2, 0.25) is 0 Å². The number of epoxide rings is 1. The zero-order valence-corrected chi connectivity index (χ0v) is 19.6. The Bertz CT molecular complexity index is 781. The van der Waals surface area contributed by atoms with Gasteiger partial charge in [-0.1, -0.05) is 34.6 Å². The van der Waals surface area contributed by atoms with Crippen LogP contribution in [0.25, 0.3) is 0 Å². The normalized spacial score (nSPS) is 47.7. The summed E-state index contributed by atoms with van der Waals surface area (Å²) in [4.78, 5) is 24.3. The minimum atomic E-state index is 0.163. The van der Waals surface area contributed by atoms with Crippen molar-refractivity contribution in [1.29, 1.82) is 0 Å². The largest absolute Gasteiger partial charge is 0.365 e. The van der Waals surface area contributed by atoms with Crippen molar-refractivity contribution >= 4 is 11.6 Å². The van der Waals surface area contributed by atoms with Crippen LogP contribution in [-0.2, 0) is 14.3 Å². The molecule has 5 rings (SSSR count). The summed E-state index contributed by atoms with van der Waals surface area (Å²) in [6, 6.07) is 0. The molecule has 0 aromatic heterocycles. The van der Waals surface area contributed by atoms with Crippen molar-refractivity contribution < 1.29 is 14.3 Å². The van der Waals surface area contributed by atoms with Gasteiger partial charge in [0.25, 0.3) is 0 Å². The van der Waals surface area contributed by atoms with Crippen LogP contribution in [0.2, 0.25) is 0 Å². The van der Waals surface area contributed by atoms with Crippen molar-refractivity contribution in [2.24, 2.45) is 46.3 Å². The van der Waals surface area contributed by atoms with E-state index >= 15 is 0 Å². The fourth-order valence-corrected chi connectivity index (χ4v) is 8.64. The van der Waals surface area contributed by atoms with Crippen LogP contribution in [0.3, 0.4) is 0 Å². The highest BCUT2D eigenvalue weighted by Gasteiger charge is 2.69. The van der Waals surface area contributed by atoms with Gasteiger partial charge >= 0.3 is 0 Å². The maximum Gasteiger partial charge on any atom is 0.155 e. The summed E-state index contributed by atoms with van der Waals surface area (Å²) in [5.41, 5.74) is 1.90. The minimum Gasteiger partial charge on any atom is -0.365 e. The fraction of sp³-hybridized carbons (Fsp3) is 0.852. The molecule has 0 aromatic rings. The molecule has 0 spiro atoms. The van der Waals surface area contributed by atoms with Crippen LogP contribution in [0.1, 0.15) is 86.0 Å². The molecule has 9 atom stereocenters. The predicted molar refractivity (Wildman–Crippen MR) is 118 cm³/mol. The zero-order chi connectivity index (χ0) is 21.4. The first-order valence-corrected chi connectivity index (χ1v) is 12.6. The second-order valence-electron chi connectivity index (χ2n) is 12.2. The number of Topliss-reactive ketones (excluding diaryl/α,β-unsaturated/α-hetero) is 1. The summed E-state index contributed by atoms with van der Waals surface area (Å²) in [7, 11) is 0. The van der Waals surface area contributed by atoms with Crippen LogP contribution in [0.5, 0.6) is 0 Å². The van der Waals surface area contributed by atoms with Gasteiger partial charge in [0, 0.05) is 18.8 Å². The molecule has 3 unspecified atom stereocenters. The zero-order valence-electron chi connectivity index (χ0n) is 19.6. The summed E-state index contributed by atoms with van der Waals surface area (Å²) in [6.45, 7) is 11.5. The third-order valence-electron chi connectivity index (χ3n) is 10.5. The van der Waals surface area contributed by atoms with Gasteiger partial charge in [0.15, 0.2) is 5.78 Å². The average molecular weight is 413 g/mol. The molecule has 0 amide bonds. The molecule has 1 heterocycles. The molecule has 3 nitrogen and oxygen atoms in total. The molecule has 5 aliphatic rings. The second kappa shape index (κ2) is 7.02. The molecule has 1 saturated heterocycles. The third-order valence-corrected chi connectivity index (χ3v) is 10.5. The van der Waals surface area contributed by atoms with Gasteiger partial charge in [0.1, 0.15) is 11.9 Å². The number of hydrogen-bond donors (Lipinski definition) is 0. The molecule has 0 aromatic carbocycles. The number of ketones is 2. The lowest BCUT2D eigenvalue weighted by atomic mass is 9.46. The lowest BCUT2D eigenvalue weighted by Crippen LogP contribution is -2.53. The number of carbonyl (C=O) groups excluding carboxylic acids is 2. The highest BCUT2D eigenvalue weighted by molar-refractivity contribution is 5.92. The summed E-state index contributed by atoms with van der Waals surface area (Å²) in [5, 5.41) is 0. The monoisotopic (exact) mass is 412 g/mol. The molecule has 166 valence electrons. The highest BCUT2D eigenvalue weighted by atomic mass is 16.6. The van der Waals surface area contributed by atoms with Gasteiger partial charge in [-0.25, -0.2) is 0 Å². The standard InChI is InChI=1S/C27H40O3/c1-15(2)22(29)9-6-16(3)18-7-8-19-23-20(11-13-26(18,19)4)27(5)12-10-17(28)14-21(27)24-25(23)30-24/h14-16,18-20,23-25H,6-13H2,1-5H3/t16-,18?,19+,20+,23+,24?,25?,26-,27-/m1/s1. The summed E-state index contributed by atoms with van der Waals surface area (Å²) >= 11 is 0. The quantitative estimate of drug-likeness (QED) is 0.539. The van der Waals surface area contributed by atoms with Gasteiger partial charge < -0.3 is 4.74 Å². The number of hydrogen-bond acceptors (Lipinski definition) is 3. The van der Waals surface area contributed by atoms with Crippen LogP contribution in [-0.4, -0.2) is 23.8 Å². The summed E-state index contributed by atoms with van der Waals surface area (Å²) in [5.74, 6) is 4.34.